The quantitative estimate of drug-likeness (QED) is 0.0472. The highest BCUT2D eigenvalue weighted by atomic mass is 33.1. The second-order valence-corrected chi connectivity index (χ2v) is 17.8. The normalized spacial score (nSPS) is 13.2. The largest absolute Gasteiger partial charge is 0.480 e. The van der Waals surface area contributed by atoms with Gasteiger partial charge >= 0.3 is 11.9 Å². The van der Waals surface area contributed by atoms with E-state index in [2.05, 4.69) is 29.9 Å². The molecule has 54 heavy (non-hydrogen) atoms. The molecule has 2 unspecified atom stereocenters. The zero-order chi connectivity index (χ0) is 39.5. The number of benzene rings is 4. The first-order chi connectivity index (χ1) is 25.5. The number of hydrogen-bond donors (Lipinski definition) is 4. The maximum Gasteiger partial charge on any atom is 0.322 e. The summed E-state index contributed by atoms with van der Waals surface area (Å²) >= 11 is 0. The number of nitrogens with zero attached hydrogens (tertiary/aromatic N) is 6. The SMILES string of the molecule is CN(C)c1ccc(/N=N/c2ccc(S(=O)(=O)NC(CSSCC(NS(=O)(=O)c3ccc(/N=N/c4ccc(N(C)C)cc4)cc3)C(=O)O)C(=O)O)cc2)cc1. The van der Waals surface area contributed by atoms with Gasteiger partial charge in [0.15, 0.2) is 0 Å². The molecule has 0 amide bonds. The van der Waals surface area contributed by atoms with Crippen molar-refractivity contribution in [2.24, 2.45) is 20.5 Å². The predicted octanol–water partition coefficient (Wildman–Crippen LogP) is 6.19. The third kappa shape index (κ3) is 12.4. The van der Waals surface area contributed by atoms with Gasteiger partial charge in [-0.3, -0.25) is 9.59 Å². The summed E-state index contributed by atoms with van der Waals surface area (Å²) in [6.45, 7) is 0. The Balaban J connectivity index is 1.29. The van der Waals surface area contributed by atoms with Gasteiger partial charge in [-0.05, 0) is 97.1 Å². The Bertz CT molecular complexity index is 2010. The summed E-state index contributed by atoms with van der Waals surface area (Å²) in [5, 5.41) is 35.9. The fourth-order valence-corrected chi connectivity index (χ4v) is 9.20. The van der Waals surface area contributed by atoms with Gasteiger partial charge in [0.25, 0.3) is 0 Å². The summed E-state index contributed by atoms with van der Waals surface area (Å²) in [6, 6.07) is 22.2. The first kappa shape index (κ1) is 41.9. The Kier molecular flexibility index (Phi) is 14.7. The third-order valence-corrected chi connectivity index (χ3v) is 12.7. The third-order valence-electron chi connectivity index (χ3n) is 7.33. The number of azo groups is 2. The number of hydrogen-bond acceptors (Lipinski definition) is 14. The number of carbonyl (C=O) groups is 2. The minimum absolute atomic E-state index is 0.202. The minimum Gasteiger partial charge on any atom is -0.480 e. The van der Waals surface area contributed by atoms with Crippen LogP contribution in [0.3, 0.4) is 0 Å². The van der Waals surface area contributed by atoms with Crippen LogP contribution < -0.4 is 19.2 Å². The Morgan fingerprint density at radius 1 is 0.537 bits per heavy atom. The van der Waals surface area contributed by atoms with Crippen molar-refractivity contribution in [2.45, 2.75) is 21.9 Å². The van der Waals surface area contributed by atoms with E-state index in [9.17, 15) is 36.6 Å². The van der Waals surface area contributed by atoms with Crippen LogP contribution in [0.15, 0.2) is 127 Å². The number of anilines is 2. The summed E-state index contributed by atoms with van der Waals surface area (Å²) in [4.78, 5) is 27.3. The van der Waals surface area contributed by atoms with Gasteiger partial charge in [0.2, 0.25) is 20.0 Å². The molecule has 0 spiro atoms. The smallest absolute Gasteiger partial charge is 0.322 e. The first-order valence-corrected chi connectivity index (χ1v) is 21.3. The molecule has 0 fully saturated rings. The molecular formula is C34H38N8O8S4. The molecule has 20 heteroatoms. The molecule has 286 valence electrons. The van der Waals surface area contributed by atoms with E-state index in [0.717, 1.165) is 33.0 Å². The van der Waals surface area contributed by atoms with Crippen LogP contribution in [0.2, 0.25) is 0 Å². The van der Waals surface area contributed by atoms with E-state index in [1.807, 2.05) is 62.3 Å². The molecule has 0 aliphatic carbocycles. The topological polar surface area (TPSA) is 223 Å². The van der Waals surface area contributed by atoms with Crippen molar-refractivity contribution < 1.29 is 36.6 Å². The molecule has 0 aliphatic heterocycles. The first-order valence-electron chi connectivity index (χ1n) is 15.9. The van der Waals surface area contributed by atoms with Crippen LogP contribution in [0.1, 0.15) is 0 Å². The van der Waals surface area contributed by atoms with E-state index in [-0.39, 0.29) is 21.3 Å². The number of sulfonamides is 2. The number of carboxylic acids is 2. The molecule has 0 saturated heterocycles. The van der Waals surface area contributed by atoms with Crippen LogP contribution in [0.25, 0.3) is 0 Å². The molecule has 0 heterocycles. The van der Waals surface area contributed by atoms with E-state index in [0.29, 0.717) is 22.7 Å². The summed E-state index contributed by atoms with van der Waals surface area (Å²) in [5.41, 5.74) is 3.91. The molecule has 0 bridgehead atoms. The molecule has 0 saturated carbocycles. The van der Waals surface area contributed by atoms with Crippen molar-refractivity contribution in [3.05, 3.63) is 97.1 Å². The van der Waals surface area contributed by atoms with Crippen molar-refractivity contribution in [1.82, 2.24) is 9.44 Å². The van der Waals surface area contributed by atoms with Crippen LogP contribution in [0.5, 0.6) is 0 Å². The Labute approximate surface area is 321 Å². The average molecular weight is 815 g/mol. The summed E-state index contributed by atoms with van der Waals surface area (Å²) in [7, 11) is 0.823. The van der Waals surface area contributed by atoms with Crippen LogP contribution in [-0.2, 0) is 29.6 Å². The van der Waals surface area contributed by atoms with Gasteiger partial charge < -0.3 is 20.0 Å². The van der Waals surface area contributed by atoms with E-state index < -0.39 is 44.1 Å². The fraction of sp³-hybridized carbons (Fsp3) is 0.235. The van der Waals surface area contributed by atoms with Gasteiger partial charge in [0.1, 0.15) is 12.1 Å². The Hall–Kier alpha value is -4.86. The van der Waals surface area contributed by atoms with Crippen molar-refractivity contribution in [3.63, 3.8) is 0 Å². The van der Waals surface area contributed by atoms with Gasteiger partial charge in [0.05, 0.1) is 32.5 Å². The minimum atomic E-state index is -4.28. The van der Waals surface area contributed by atoms with E-state index in [4.69, 9.17) is 0 Å². The molecule has 4 N–H and O–H groups in total. The van der Waals surface area contributed by atoms with E-state index >= 15 is 0 Å². The standard InChI is InChI=1S/C34H38N8O8S4/c1-41(2)27-13-5-23(6-14-27)35-37-25-9-17-29(18-10-25)53(47,48)39-31(33(43)44)21-51-52-22-32(34(45)46)40-54(49,50)30-19-11-26(12-20-30)38-36-24-7-15-28(16-8-24)42(3)4/h5-20,31-32,39-40H,21-22H2,1-4H3,(H,43,44)(H,45,46)/b37-35+,38-36+. The molecule has 0 radical (unpaired) electrons. The molecule has 0 aliphatic rings. The maximum absolute atomic E-state index is 13.0. The molecule has 0 aromatic heterocycles. The monoisotopic (exact) mass is 814 g/mol. The summed E-state index contributed by atoms with van der Waals surface area (Å²) in [5.74, 6) is -3.52. The van der Waals surface area contributed by atoms with Crippen LogP contribution in [-0.4, -0.2) is 90.8 Å². The van der Waals surface area contributed by atoms with Gasteiger partial charge in [-0.1, -0.05) is 21.6 Å². The second-order valence-electron chi connectivity index (χ2n) is 11.8. The maximum atomic E-state index is 13.0. The number of carboxylic acid groups (broad SMARTS) is 2. The molecule has 4 aromatic rings. The van der Waals surface area contributed by atoms with Crippen molar-refractivity contribution in [2.75, 3.05) is 49.5 Å². The van der Waals surface area contributed by atoms with E-state index in [1.165, 1.54) is 48.5 Å². The molecule has 4 aromatic carbocycles. The second kappa shape index (κ2) is 18.9. The van der Waals surface area contributed by atoms with Gasteiger partial charge in [0, 0.05) is 51.1 Å². The summed E-state index contributed by atoms with van der Waals surface area (Å²) < 4.78 is 56.2. The highest BCUT2D eigenvalue weighted by molar-refractivity contribution is 8.76. The van der Waals surface area contributed by atoms with Crippen LogP contribution in [0.4, 0.5) is 34.1 Å². The summed E-state index contributed by atoms with van der Waals surface area (Å²) in [6.07, 6.45) is 0. The fourth-order valence-electron chi connectivity index (χ4n) is 4.30. The number of rotatable bonds is 19. The Morgan fingerprint density at radius 2 is 0.796 bits per heavy atom. The van der Waals surface area contributed by atoms with Crippen LogP contribution >= 0.6 is 21.6 Å². The lowest BCUT2D eigenvalue weighted by Crippen LogP contribution is -2.43. The van der Waals surface area contributed by atoms with Crippen molar-refractivity contribution in [3.8, 4) is 0 Å². The lowest BCUT2D eigenvalue weighted by atomic mass is 10.3. The highest BCUT2D eigenvalue weighted by Gasteiger charge is 2.28. The van der Waals surface area contributed by atoms with Gasteiger partial charge in [-0.15, -0.1) is 0 Å². The van der Waals surface area contributed by atoms with Gasteiger partial charge in [-0.2, -0.15) is 29.9 Å². The number of aliphatic carboxylic acids is 2. The van der Waals surface area contributed by atoms with E-state index in [1.54, 1.807) is 24.3 Å². The molecule has 16 nitrogen and oxygen atoms in total. The van der Waals surface area contributed by atoms with Crippen molar-refractivity contribution in [1.29, 1.82) is 0 Å². The lowest BCUT2D eigenvalue weighted by molar-refractivity contribution is -0.139. The zero-order valence-electron chi connectivity index (χ0n) is 29.5. The lowest BCUT2D eigenvalue weighted by Gasteiger charge is -2.16. The zero-order valence-corrected chi connectivity index (χ0v) is 32.7. The van der Waals surface area contributed by atoms with Crippen molar-refractivity contribution >= 4 is 87.7 Å². The average Bonchev–Trinajstić information content (AvgIpc) is 3.14. The molecule has 2 atom stereocenters. The predicted molar refractivity (Wildman–Crippen MR) is 211 cm³/mol. The molecular weight excluding hydrogens is 777 g/mol. The Morgan fingerprint density at radius 3 is 1.04 bits per heavy atom. The van der Waals surface area contributed by atoms with Crippen LogP contribution in [0, 0.1) is 0 Å². The molecule has 4 rings (SSSR count). The number of nitrogens with one attached hydrogen (secondary N) is 2. The van der Waals surface area contributed by atoms with Gasteiger partial charge in [-0.25, -0.2) is 16.8 Å². The highest BCUT2D eigenvalue weighted by Crippen LogP contribution is 2.27.